The van der Waals surface area contributed by atoms with Crippen molar-refractivity contribution in [2.24, 2.45) is 11.7 Å². The molecule has 1 aliphatic carbocycles. The first kappa shape index (κ1) is 13.1. The van der Waals surface area contributed by atoms with E-state index >= 15 is 0 Å². The standard InChI is InChI=1S/C17H26N2/c1-13(18)17(15-8-3-2-4-9-15)19-12-11-14-7-5-6-10-16(14)19/h2-4,8-9,13-14,16-17H,5-7,10-12,18H2,1H3. The fourth-order valence-electron chi connectivity index (χ4n) is 4.23. The molecule has 2 N–H and O–H groups in total. The number of hydrogen-bond donors (Lipinski definition) is 1. The van der Waals surface area contributed by atoms with Crippen molar-refractivity contribution in [3.05, 3.63) is 35.9 Å². The minimum Gasteiger partial charge on any atom is -0.326 e. The van der Waals surface area contributed by atoms with Crippen molar-refractivity contribution in [1.82, 2.24) is 4.90 Å². The minimum absolute atomic E-state index is 0.197. The summed E-state index contributed by atoms with van der Waals surface area (Å²) in [4.78, 5) is 2.71. The number of fused-ring (bicyclic) bond motifs is 1. The molecule has 0 radical (unpaired) electrons. The van der Waals surface area contributed by atoms with Crippen molar-refractivity contribution < 1.29 is 0 Å². The molecule has 2 fully saturated rings. The van der Waals surface area contributed by atoms with Crippen LogP contribution in [-0.4, -0.2) is 23.5 Å². The summed E-state index contributed by atoms with van der Waals surface area (Å²) >= 11 is 0. The lowest BCUT2D eigenvalue weighted by Crippen LogP contribution is -2.44. The maximum Gasteiger partial charge on any atom is 0.0499 e. The molecule has 1 aromatic carbocycles. The zero-order valence-corrected chi connectivity index (χ0v) is 12.0. The average molecular weight is 258 g/mol. The molecule has 1 aromatic rings. The van der Waals surface area contributed by atoms with Crippen molar-refractivity contribution in [3.8, 4) is 0 Å². The molecule has 4 atom stereocenters. The number of likely N-dealkylation sites (tertiary alicyclic amines) is 1. The van der Waals surface area contributed by atoms with E-state index in [1.165, 1.54) is 44.2 Å². The number of hydrogen-bond acceptors (Lipinski definition) is 2. The Bertz CT molecular complexity index is 401. The Kier molecular flexibility index (Phi) is 3.90. The lowest BCUT2D eigenvalue weighted by molar-refractivity contribution is 0.119. The smallest absolute Gasteiger partial charge is 0.0499 e. The molecule has 0 spiro atoms. The lowest BCUT2D eigenvalue weighted by Gasteiger charge is -2.39. The highest BCUT2D eigenvalue weighted by atomic mass is 15.2. The quantitative estimate of drug-likeness (QED) is 0.901. The molecular formula is C17H26N2. The maximum atomic E-state index is 6.33. The van der Waals surface area contributed by atoms with E-state index in [-0.39, 0.29) is 6.04 Å². The molecule has 1 saturated carbocycles. The van der Waals surface area contributed by atoms with Crippen LogP contribution < -0.4 is 5.73 Å². The summed E-state index contributed by atoms with van der Waals surface area (Å²) in [6.45, 7) is 3.39. The van der Waals surface area contributed by atoms with Crippen molar-refractivity contribution in [1.29, 1.82) is 0 Å². The summed E-state index contributed by atoms with van der Waals surface area (Å²) in [5.41, 5.74) is 7.72. The van der Waals surface area contributed by atoms with Gasteiger partial charge in [0.25, 0.3) is 0 Å². The molecule has 3 rings (SSSR count). The molecule has 2 heteroatoms. The van der Waals surface area contributed by atoms with Crippen molar-refractivity contribution in [2.75, 3.05) is 6.54 Å². The Morgan fingerprint density at radius 1 is 1.11 bits per heavy atom. The Labute approximate surface area is 117 Å². The predicted octanol–water partition coefficient (Wildman–Crippen LogP) is 3.34. The minimum atomic E-state index is 0.197. The summed E-state index contributed by atoms with van der Waals surface area (Å²) in [7, 11) is 0. The summed E-state index contributed by atoms with van der Waals surface area (Å²) in [5, 5.41) is 0. The van der Waals surface area contributed by atoms with Crippen LogP contribution in [0.1, 0.15) is 50.6 Å². The number of rotatable bonds is 3. The third-order valence-corrected chi connectivity index (χ3v) is 5.05. The van der Waals surface area contributed by atoms with Gasteiger partial charge in [0, 0.05) is 18.1 Å². The average Bonchev–Trinajstić information content (AvgIpc) is 2.84. The van der Waals surface area contributed by atoms with Gasteiger partial charge in [-0.2, -0.15) is 0 Å². The van der Waals surface area contributed by atoms with Crippen molar-refractivity contribution in [3.63, 3.8) is 0 Å². The van der Waals surface area contributed by atoms with Gasteiger partial charge in [-0.1, -0.05) is 43.2 Å². The second kappa shape index (κ2) is 5.64. The van der Waals surface area contributed by atoms with Crippen LogP contribution in [0.15, 0.2) is 30.3 Å². The maximum absolute atomic E-state index is 6.33. The molecule has 0 bridgehead atoms. The highest BCUT2D eigenvalue weighted by molar-refractivity contribution is 5.21. The Morgan fingerprint density at radius 2 is 1.84 bits per heavy atom. The van der Waals surface area contributed by atoms with Crippen LogP contribution in [-0.2, 0) is 0 Å². The summed E-state index contributed by atoms with van der Waals surface area (Å²) in [5.74, 6) is 0.929. The third-order valence-electron chi connectivity index (χ3n) is 5.05. The Balaban J connectivity index is 1.85. The fourth-order valence-corrected chi connectivity index (χ4v) is 4.23. The van der Waals surface area contributed by atoms with Crippen LogP contribution in [0.25, 0.3) is 0 Å². The normalized spacial score (nSPS) is 30.8. The molecule has 19 heavy (non-hydrogen) atoms. The highest BCUT2D eigenvalue weighted by Gasteiger charge is 2.40. The van der Waals surface area contributed by atoms with E-state index in [2.05, 4.69) is 42.2 Å². The Hall–Kier alpha value is -0.860. The van der Waals surface area contributed by atoms with Gasteiger partial charge in [-0.3, -0.25) is 4.90 Å². The van der Waals surface area contributed by atoms with Crippen LogP contribution in [0.2, 0.25) is 0 Å². The summed E-state index contributed by atoms with van der Waals surface area (Å²) < 4.78 is 0. The molecule has 1 saturated heterocycles. The van der Waals surface area contributed by atoms with Gasteiger partial charge in [-0.05, 0) is 44.2 Å². The summed E-state index contributed by atoms with van der Waals surface area (Å²) in [6, 6.07) is 12.2. The molecule has 104 valence electrons. The van der Waals surface area contributed by atoms with Crippen molar-refractivity contribution in [2.45, 2.75) is 57.2 Å². The summed E-state index contributed by atoms with van der Waals surface area (Å²) in [6.07, 6.45) is 7.02. The fraction of sp³-hybridized carbons (Fsp3) is 0.647. The van der Waals surface area contributed by atoms with E-state index in [0.29, 0.717) is 6.04 Å². The van der Waals surface area contributed by atoms with Gasteiger partial charge in [0.05, 0.1) is 0 Å². The van der Waals surface area contributed by atoms with Gasteiger partial charge in [-0.15, -0.1) is 0 Å². The van der Waals surface area contributed by atoms with Crippen LogP contribution in [0, 0.1) is 5.92 Å². The zero-order valence-electron chi connectivity index (χ0n) is 12.0. The van der Waals surface area contributed by atoms with E-state index < -0.39 is 0 Å². The molecule has 0 aromatic heterocycles. The van der Waals surface area contributed by atoms with Gasteiger partial charge >= 0.3 is 0 Å². The largest absolute Gasteiger partial charge is 0.326 e. The second-order valence-electron chi connectivity index (χ2n) is 6.35. The van der Waals surface area contributed by atoms with Crippen LogP contribution in [0.4, 0.5) is 0 Å². The molecule has 1 aliphatic heterocycles. The van der Waals surface area contributed by atoms with E-state index in [1.807, 2.05) is 0 Å². The predicted molar refractivity (Wildman–Crippen MR) is 79.9 cm³/mol. The van der Waals surface area contributed by atoms with Gasteiger partial charge in [0.2, 0.25) is 0 Å². The van der Waals surface area contributed by atoms with Gasteiger partial charge in [0.15, 0.2) is 0 Å². The molecular weight excluding hydrogens is 232 g/mol. The zero-order chi connectivity index (χ0) is 13.2. The van der Waals surface area contributed by atoms with E-state index in [9.17, 15) is 0 Å². The molecule has 0 amide bonds. The molecule has 1 heterocycles. The van der Waals surface area contributed by atoms with E-state index in [4.69, 9.17) is 5.73 Å². The molecule has 4 unspecified atom stereocenters. The van der Waals surface area contributed by atoms with Crippen molar-refractivity contribution >= 4 is 0 Å². The monoisotopic (exact) mass is 258 g/mol. The second-order valence-corrected chi connectivity index (χ2v) is 6.35. The number of benzene rings is 1. The number of nitrogens with two attached hydrogens (primary N) is 1. The van der Waals surface area contributed by atoms with Crippen LogP contribution >= 0.6 is 0 Å². The third kappa shape index (κ3) is 2.56. The van der Waals surface area contributed by atoms with Crippen LogP contribution in [0.3, 0.4) is 0 Å². The topological polar surface area (TPSA) is 29.3 Å². The molecule has 2 aliphatic rings. The van der Waals surface area contributed by atoms with Crippen LogP contribution in [0.5, 0.6) is 0 Å². The van der Waals surface area contributed by atoms with Gasteiger partial charge < -0.3 is 5.73 Å². The number of nitrogens with zero attached hydrogens (tertiary/aromatic N) is 1. The van der Waals surface area contributed by atoms with E-state index in [1.54, 1.807) is 0 Å². The van der Waals surface area contributed by atoms with Gasteiger partial charge in [0.1, 0.15) is 0 Å². The SMILES string of the molecule is CC(N)C(c1ccccc1)N1CCC2CCCCC21. The first-order valence-corrected chi connectivity index (χ1v) is 7.83. The van der Waals surface area contributed by atoms with E-state index in [0.717, 1.165) is 12.0 Å². The lowest BCUT2D eigenvalue weighted by atomic mass is 9.84. The molecule has 2 nitrogen and oxygen atoms in total. The first-order valence-electron chi connectivity index (χ1n) is 7.83. The first-order chi connectivity index (χ1) is 9.27. The highest BCUT2D eigenvalue weighted by Crippen LogP contribution is 2.41. The van der Waals surface area contributed by atoms with Gasteiger partial charge in [-0.25, -0.2) is 0 Å². The Morgan fingerprint density at radius 3 is 2.58 bits per heavy atom.